The Morgan fingerprint density at radius 1 is 1.00 bits per heavy atom. The van der Waals surface area contributed by atoms with Gasteiger partial charge in [0.2, 0.25) is 11.8 Å². The number of benzene rings is 1. The number of hydrogen-bond donors (Lipinski definition) is 2. The highest BCUT2D eigenvalue weighted by Crippen LogP contribution is 2.56. The van der Waals surface area contributed by atoms with Crippen LogP contribution >= 0.6 is 15.9 Å². The number of ether oxygens (including phenoxy) is 1. The highest BCUT2D eigenvalue weighted by atomic mass is 79.9. The van der Waals surface area contributed by atoms with Crippen molar-refractivity contribution in [3.63, 3.8) is 0 Å². The van der Waals surface area contributed by atoms with E-state index < -0.39 is 30.9 Å². The van der Waals surface area contributed by atoms with Crippen molar-refractivity contribution in [3.05, 3.63) is 34.3 Å². The second-order valence-electron chi connectivity index (χ2n) is 7.82. The minimum Gasteiger partial charge on any atom is -0.454 e. The van der Waals surface area contributed by atoms with Crippen LogP contribution in [-0.2, 0) is 23.9 Å². The van der Waals surface area contributed by atoms with Crippen molar-refractivity contribution in [2.24, 2.45) is 23.7 Å². The molecule has 1 aliphatic heterocycles. The molecule has 2 saturated carbocycles. The molecule has 4 rings (SSSR count). The van der Waals surface area contributed by atoms with Gasteiger partial charge in [-0.2, -0.15) is 0 Å². The summed E-state index contributed by atoms with van der Waals surface area (Å²) >= 11 is 3.26. The lowest BCUT2D eigenvalue weighted by Gasteiger charge is -2.19. The van der Waals surface area contributed by atoms with Crippen molar-refractivity contribution in [1.82, 2.24) is 15.8 Å². The molecule has 2 N–H and O–H groups in total. The fraction of sp³-hybridized carbons (Fsp3) is 0.450. The highest BCUT2D eigenvalue weighted by molar-refractivity contribution is 9.10. The van der Waals surface area contributed by atoms with E-state index >= 15 is 0 Å². The van der Waals surface area contributed by atoms with Crippen LogP contribution in [0.1, 0.15) is 29.6 Å². The fourth-order valence-electron chi connectivity index (χ4n) is 4.78. The van der Waals surface area contributed by atoms with E-state index in [2.05, 4.69) is 26.8 Å². The fourth-order valence-corrected chi connectivity index (χ4v) is 5.05. The molecule has 1 saturated heterocycles. The Labute approximate surface area is 180 Å². The zero-order valence-electron chi connectivity index (χ0n) is 15.9. The third kappa shape index (κ3) is 3.83. The van der Waals surface area contributed by atoms with E-state index in [1.807, 2.05) is 0 Å². The van der Waals surface area contributed by atoms with E-state index in [-0.39, 0.29) is 35.5 Å². The second-order valence-corrected chi connectivity index (χ2v) is 8.73. The number of fused-ring (bicyclic) bond motifs is 5. The summed E-state index contributed by atoms with van der Waals surface area (Å²) in [5.74, 6) is -2.88. The number of carbonyl (C=O) groups is 5. The molecule has 0 aromatic heterocycles. The molecule has 4 amide bonds. The maximum Gasteiger partial charge on any atom is 0.326 e. The molecule has 1 heterocycles. The first kappa shape index (κ1) is 20.5. The molecule has 0 spiro atoms. The quantitative estimate of drug-likeness (QED) is 0.367. The van der Waals surface area contributed by atoms with Gasteiger partial charge < -0.3 is 4.74 Å². The number of hydrogen-bond acceptors (Lipinski definition) is 6. The van der Waals surface area contributed by atoms with Gasteiger partial charge in [-0.3, -0.25) is 39.7 Å². The summed E-state index contributed by atoms with van der Waals surface area (Å²) in [4.78, 5) is 61.9. The van der Waals surface area contributed by atoms with Crippen LogP contribution in [0.3, 0.4) is 0 Å². The molecule has 1 aromatic carbocycles. The van der Waals surface area contributed by atoms with Gasteiger partial charge in [0.25, 0.3) is 11.8 Å². The second kappa shape index (κ2) is 8.17. The molecule has 2 aliphatic carbocycles. The van der Waals surface area contributed by atoms with Gasteiger partial charge >= 0.3 is 5.97 Å². The zero-order chi connectivity index (χ0) is 21.4. The molecule has 9 nitrogen and oxygen atoms in total. The number of rotatable bonds is 5. The van der Waals surface area contributed by atoms with Crippen LogP contribution in [0.5, 0.6) is 0 Å². The van der Waals surface area contributed by atoms with Crippen molar-refractivity contribution < 1.29 is 28.7 Å². The first-order valence-corrected chi connectivity index (χ1v) is 10.5. The molecular weight excluding hydrogens is 458 g/mol. The first-order valence-electron chi connectivity index (χ1n) is 9.70. The van der Waals surface area contributed by atoms with Crippen molar-refractivity contribution in [2.45, 2.75) is 19.3 Å². The molecule has 0 radical (unpaired) electrons. The smallest absolute Gasteiger partial charge is 0.326 e. The van der Waals surface area contributed by atoms with Crippen LogP contribution in [0, 0.1) is 23.7 Å². The monoisotopic (exact) mass is 477 g/mol. The number of amides is 4. The highest BCUT2D eigenvalue weighted by Gasteiger charge is 2.61. The summed E-state index contributed by atoms with van der Waals surface area (Å²) in [6, 6.07) is 6.49. The Bertz CT molecular complexity index is 890. The third-order valence-electron chi connectivity index (χ3n) is 6.09. The average molecular weight is 478 g/mol. The molecule has 0 unspecified atom stereocenters. The van der Waals surface area contributed by atoms with Gasteiger partial charge in [0.1, 0.15) is 6.54 Å². The molecule has 30 heavy (non-hydrogen) atoms. The zero-order valence-corrected chi connectivity index (χ0v) is 17.5. The Kier molecular flexibility index (Phi) is 5.59. The number of carbonyl (C=O) groups excluding carboxylic acids is 5. The standard InChI is InChI=1S/C20H20BrN3O6/c21-13-5-3-10(4-6-13)18(27)23-22-14(25)9-30-15(26)8-24-19(28)16-11-1-2-12(7-11)17(16)20(24)29/h3-6,11-12,16-17H,1-2,7-9H2,(H,22,25)(H,23,27)/t11-,12-,16+,17+/m0/s1. The van der Waals surface area contributed by atoms with E-state index in [0.717, 1.165) is 28.6 Å². The van der Waals surface area contributed by atoms with Crippen LogP contribution in [0.4, 0.5) is 0 Å². The maximum atomic E-state index is 12.6. The number of nitrogens with one attached hydrogen (secondary N) is 2. The van der Waals surface area contributed by atoms with Gasteiger partial charge in [-0.1, -0.05) is 15.9 Å². The number of esters is 1. The molecular formula is C20H20BrN3O6. The van der Waals surface area contributed by atoms with Gasteiger partial charge in [0.15, 0.2) is 6.61 Å². The van der Waals surface area contributed by atoms with Gasteiger partial charge in [0, 0.05) is 10.0 Å². The lowest BCUT2D eigenvalue weighted by molar-refractivity contribution is -0.155. The topological polar surface area (TPSA) is 122 Å². The van der Waals surface area contributed by atoms with Gasteiger partial charge in [0.05, 0.1) is 11.8 Å². The lowest BCUT2D eigenvalue weighted by atomic mass is 9.81. The lowest BCUT2D eigenvalue weighted by Crippen LogP contribution is -2.44. The molecule has 3 fully saturated rings. The SMILES string of the molecule is O=C(COC(=O)CN1C(=O)[C@@H]2[C@H]3CC[C@@H](C3)[C@H]2C1=O)NNC(=O)c1ccc(Br)cc1. The van der Waals surface area contributed by atoms with Crippen LogP contribution in [0.15, 0.2) is 28.7 Å². The summed E-state index contributed by atoms with van der Waals surface area (Å²) in [6.45, 7) is -1.14. The van der Waals surface area contributed by atoms with Gasteiger partial charge in [-0.15, -0.1) is 0 Å². The predicted octanol–water partition coefficient (Wildman–Crippen LogP) is 0.784. The summed E-state index contributed by atoms with van der Waals surface area (Å²) in [5.41, 5.74) is 4.68. The van der Waals surface area contributed by atoms with Crippen molar-refractivity contribution in [1.29, 1.82) is 0 Å². The normalized spacial score (nSPS) is 26.5. The van der Waals surface area contributed by atoms with E-state index in [1.165, 1.54) is 0 Å². The minimum atomic E-state index is -0.849. The van der Waals surface area contributed by atoms with Crippen LogP contribution in [0.2, 0.25) is 0 Å². The molecule has 2 bridgehead atoms. The number of nitrogens with zero attached hydrogens (tertiary/aromatic N) is 1. The summed E-state index contributed by atoms with van der Waals surface area (Å²) < 4.78 is 5.66. The molecule has 158 valence electrons. The Morgan fingerprint density at radius 3 is 2.20 bits per heavy atom. The van der Waals surface area contributed by atoms with E-state index in [0.29, 0.717) is 5.56 Å². The largest absolute Gasteiger partial charge is 0.454 e. The van der Waals surface area contributed by atoms with Crippen LogP contribution in [0.25, 0.3) is 0 Å². The number of hydrazine groups is 1. The van der Waals surface area contributed by atoms with Crippen LogP contribution < -0.4 is 10.9 Å². The number of likely N-dealkylation sites (tertiary alicyclic amines) is 1. The Hall–Kier alpha value is -2.75. The van der Waals surface area contributed by atoms with Crippen LogP contribution in [-0.4, -0.2) is 47.6 Å². The summed E-state index contributed by atoms with van der Waals surface area (Å²) in [5, 5.41) is 0. The van der Waals surface area contributed by atoms with E-state index in [1.54, 1.807) is 24.3 Å². The van der Waals surface area contributed by atoms with E-state index in [9.17, 15) is 24.0 Å². The average Bonchev–Trinajstić information content (AvgIpc) is 3.41. The summed E-state index contributed by atoms with van der Waals surface area (Å²) in [7, 11) is 0. The van der Waals surface area contributed by atoms with Crippen molar-refractivity contribution in [2.75, 3.05) is 13.2 Å². The first-order chi connectivity index (χ1) is 14.3. The van der Waals surface area contributed by atoms with Crippen molar-refractivity contribution in [3.8, 4) is 0 Å². The molecule has 3 aliphatic rings. The Morgan fingerprint density at radius 2 is 1.60 bits per heavy atom. The number of halogens is 1. The minimum absolute atomic E-state index is 0.234. The molecule has 4 atom stereocenters. The Balaban J connectivity index is 1.22. The van der Waals surface area contributed by atoms with Gasteiger partial charge in [-0.05, 0) is 55.4 Å². The maximum absolute atomic E-state index is 12.6. The third-order valence-corrected chi connectivity index (χ3v) is 6.62. The molecule has 1 aromatic rings. The van der Waals surface area contributed by atoms with Gasteiger partial charge in [-0.25, -0.2) is 0 Å². The molecule has 10 heteroatoms. The van der Waals surface area contributed by atoms with E-state index in [4.69, 9.17) is 4.74 Å². The summed E-state index contributed by atoms with van der Waals surface area (Å²) in [6.07, 6.45) is 2.82. The van der Waals surface area contributed by atoms with Crippen molar-refractivity contribution >= 4 is 45.5 Å². The number of imide groups is 1. The predicted molar refractivity (Wildman–Crippen MR) is 105 cm³/mol.